The Hall–Kier alpha value is -1.58. The summed E-state index contributed by atoms with van der Waals surface area (Å²) in [7, 11) is 0. The summed E-state index contributed by atoms with van der Waals surface area (Å²) in [6.07, 6.45) is 1.91. The molecule has 0 saturated heterocycles. The van der Waals surface area contributed by atoms with Crippen LogP contribution in [0.25, 0.3) is 10.9 Å². The number of hydrogen-bond donors (Lipinski definition) is 2. The molecule has 1 aromatic carbocycles. The van der Waals surface area contributed by atoms with Crippen molar-refractivity contribution >= 4 is 22.2 Å². The molecular formula is C15H15NOS. The molecule has 0 fully saturated rings. The van der Waals surface area contributed by atoms with Crippen molar-refractivity contribution in [1.82, 2.24) is 4.98 Å². The first-order valence-electron chi connectivity index (χ1n) is 5.94. The van der Waals surface area contributed by atoms with Gasteiger partial charge in [0.2, 0.25) is 0 Å². The summed E-state index contributed by atoms with van der Waals surface area (Å²) in [5.74, 6) is 0. The molecule has 3 aromatic rings. The fourth-order valence-corrected chi connectivity index (χ4v) is 3.51. The van der Waals surface area contributed by atoms with Crippen LogP contribution in [0.5, 0.6) is 0 Å². The number of H-pyrrole nitrogens is 1. The van der Waals surface area contributed by atoms with Crippen LogP contribution >= 0.6 is 11.3 Å². The second kappa shape index (κ2) is 3.97. The lowest BCUT2D eigenvalue weighted by Crippen LogP contribution is -2.22. The van der Waals surface area contributed by atoms with Crippen LogP contribution in [0, 0.1) is 6.92 Å². The highest BCUT2D eigenvalue weighted by Crippen LogP contribution is 2.37. The lowest BCUT2D eigenvalue weighted by molar-refractivity contribution is 0.107. The zero-order valence-corrected chi connectivity index (χ0v) is 11.2. The van der Waals surface area contributed by atoms with Gasteiger partial charge < -0.3 is 10.1 Å². The molecule has 1 atom stereocenters. The van der Waals surface area contributed by atoms with E-state index in [1.807, 2.05) is 55.8 Å². The molecule has 2 aromatic heterocycles. The Morgan fingerprint density at radius 1 is 1.22 bits per heavy atom. The van der Waals surface area contributed by atoms with E-state index >= 15 is 0 Å². The molecule has 3 rings (SSSR count). The van der Waals surface area contributed by atoms with Crippen LogP contribution in [0.1, 0.15) is 22.9 Å². The van der Waals surface area contributed by atoms with Crippen LogP contribution in [0.3, 0.4) is 0 Å². The Kier molecular flexibility index (Phi) is 2.54. The summed E-state index contributed by atoms with van der Waals surface area (Å²) in [6.45, 7) is 3.91. The van der Waals surface area contributed by atoms with Gasteiger partial charge in [-0.1, -0.05) is 12.1 Å². The van der Waals surface area contributed by atoms with Gasteiger partial charge in [0.25, 0.3) is 0 Å². The van der Waals surface area contributed by atoms with Crippen molar-refractivity contribution in [3.05, 3.63) is 57.9 Å². The maximum absolute atomic E-state index is 10.9. The van der Waals surface area contributed by atoms with Gasteiger partial charge in [0, 0.05) is 22.0 Å². The molecule has 0 radical (unpaired) electrons. The summed E-state index contributed by atoms with van der Waals surface area (Å²) < 4.78 is 0. The number of thiophene rings is 1. The minimum absolute atomic E-state index is 0.944. The number of hydrogen-bond acceptors (Lipinski definition) is 2. The number of benzene rings is 1. The van der Waals surface area contributed by atoms with Gasteiger partial charge in [0.05, 0.1) is 0 Å². The van der Waals surface area contributed by atoms with Gasteiger partial charge in [0.1, 0.15) is 5.60 Å². The predicted molar refractivity (Wildman–Crippen MR) is 76.0 cm³/mol. The number of aromatic nitrogens is 1. The lowest BCUT2D eigenvalue weighted by atomic mass is 9.90. The highest BCUT2D eigenvalue weighted by Gasteiger charge is 2.30. The van der Waals surface area contributed by atoms with E-state index in [1.165, 1.54) is 0 Å². The minimum atomic E-state index is -0.944. The second-order valence-corrected chi connectivity index (χ2v) is 5.67. The third-order valence-electron chi connectivity index (χ3n) is 3.42. The molecule has 2 heterocycles. The Bertz CT molecular complexity index is 693. The molecule has 0 amide bonds. The quantitative estimate of drug-likeness (QED) is 0.720. The molecule has 1 unspecified atom stereocenters. The number of aromatic amines is 1. The fourth-order valence-electron chi connectivity index (χ4n) is 2.50. The van der Waals surface area contributed by atoms with Gasteiger partial charge in [-0.2, -0.15) is 0 Å². The molecule has 92 valence electrons. The zero-order chi connectivity index (χ0) is 12.8. The third-order valence-corrected chi connectivity index (χ3v) is 4.65. The average molecular weight is 257 g/mol. The van der Waals surface area contributed by atoms with E-state index < -0.39 is 5.60 Å². The number of aryl methyl sites for hydroxylation is 1. The molecule has 0 aliphatic carbocycles. The van der Waals surface area contributed by atoms with Gasteiger partial charge >= 0.3 is 0 Å². The smallest absolute Gasteiger partial charge is 0.122 e. The Morgan fingerprint density at radius 2 is 2.06 bits per heavy atom. The molecule has 0 spiro atoms. The molecular weight excluding hydrogens is 242 g/mol. The van der Waals surface area contributed by atoms with E-state index in [0.29, 0.717) is 0 Å². The summed E-state index contributed by atoms with van der Waals surface area (Å²) in [5.41, 5.74) is 2.20. The second-order valence-electron chi connectivity index (χ2n) is 4.75. The van der Waals surface area contributed by atoms with E-state index in [9.17, 15) is 5.11 Å². The molecule has 0 aliphatic rings. The zero-order valence-electron chi connectivity index (χ0n) is 10.4. The van der Waals surface area contributed by atoms with Crippen LogP contribution < -0.4 is 0 Å². The monoisotopic (exact) mass is 257 g/mol. The van der Waals surface area contributed by atoms with Gasteiger partial charge in [-0.25, -0.2) is 0 Å². The van der Waals surface area contributed by atoms with Crippen LogP contribution in [-0.4, -0.2) is 10.1 Å². The van der Waals surface area contributed by atoms with E-state index in [1.54, 1.807) is 11.3 Å². The van der Waals surface area contributed by atoms with Crippen LogP contribution in [0.2, 0.25) is 0 Å². The predicted octanol–water partition coefficient (Wildman–Crippen LogP) is 3.79. The molecule has 2 N–H and O–H groups in total. The summed E-state index contributed by atoms with van der Waals surface area (Å²) >= 11 is 1.60. The van der Waals surface area contributed by atoms with E-state index in [4.69, 9.17) is 0 Å². The molecule has 0 saturated carbocycles. The molecule has 2 nitrogen and oxygen atoms in total. The summed E-state index contributed by atoms with van der Waals surface area (Å²) in [6, 6.07) is 10.1. The van der Waals surface area contributed by atoms with Gasteiger partial charge in [-0.15, -0.1) is 11.3 Å². The van der Waals surface area contributed by atoms with Crippen LogP contribution in [0.15, 0.2) is 41.9 Å². The van der Waals surface area contributed by atoms with E-state index in [0.717, 1.165) is 26.9 Å². The van der Waals surface area contributed by atoms with Crippen molar-refractivity contribution in [2.75, 3.05) is 0 Å². The van der Waals surface area contributed by atoms with Crippen molar-refractivity contribution in [1.29, 1.82) is 0 Å². The molecule has 3 heteroatoms. The first-order valence-corrected chi connectivity index (χ1v) is 6.82. The third kappa shape index (κ3) is 1.59. The highest BCUT2D eigenvalue weighted by molar-refractivity contribution is 7.10. The maximum Gasteiger partial charge on any atom is 0.122 e. The number of nitrogens with one attached hydrogen (secondary N) is 1. The van der Waals surface area contributed by atoms with E-state index in [2.05, 4.69) is 4.98 Å². The normalized spacial score (nSPS) is 14.8. The molecule has 0 aliphatic heterocycles. The van der Waals surface area contributed by atoms with Gasteiger partial charge in [0.15, 0.2) is 0 Å². The van der Waals surface area contributed by atoms with Crippen molar-refractivity contribution in [3.8, 4) is 0 Å². The molecule has 18 heavy (non-hydrogen) atoms. The fraction of sp³-hybridized carbons (Fsp3) is 0.200. The Balaban J connectivity index is 2.25. The van der Waals surface area contributed by atoms with E-state index in [-0.39, 0.29) is 0 Å². The molecule has 0 bridgehead atoms. The summed E-state index contributed by atoms with van der Waals surface area (Å²) in [4.78, 5) is 4.19. The minimum Gasteiger partial charge on any atom is -0.380 e. The first-order chi connectivity index (χ1) is 8.60. The van der Waals surface area contributed by atoms with Gasteiger partial charge in [-0.3, -0.25) is 0 Å². The largest absolute Gasteiger partial charge is 0.380 e. The Morgan fingerprint density at radius 3 is 2.78 bits per heavy atom. The van der Waals surface area contributed by atoms with Crippen molar-refractivity contribution < 1.29 is 5.11 Å². The highest BCUT2D eigenvalue weighted by atomic mass is 32.1. The first kappa shape index (κ1) is 11.5. The van der Waals surface area contributed by atoms with Crippen molar-refractivity contribution in [2.45, 2.75) is 19.4 Å². The standard InChI is InChI=1S/C15H15NOS/c1-10-7-9-18-14(10)15(2,17)12-4-3-5-13-11(12)6-8-16-13/h3-9,16-17H,1-2H3. The SMILES string of the molecule is Cc1ccsc1C(C)(O)c1cccc2[nH]ccc12. The van der Waals surface area contributed by atoms with Crippen LogP contribution in [-0.2, 0) is 5.60 Å². The van der Waals surface area contributed by atoms with Crippen molar-refractivity contribution in [2.24, 2.45) is 0 Å². The maximum atomic E-state index is 10.9. The average Bonchev–Trinajstić information content (AvgIpc) is 2.96. The Labute approximate surface area is 110 Å². The lowest BCUT2D eigenvalue weighted by Gasteiger charge is -2.24. The number of rotatable bonds is 2. The summed E-state index contributed by atoms with van der Waals surface area (Å²) in [5, 5.41) is 14.0. The van der Waals surface area contributed by atoms with Crippen LogP contribution in [0.4, 0.5) is 0 Å². The topological polar surface area (TPSA) is 36.0 Å². The van der Waals surface area contributed by atoms with Crippen molar-refractivity contribution in [3.63, 3.8) is 0 Å². The number of fused-ring (bicyclic) bond motifs is 1. The number of aliphatic hydroxyl groups is 1. The van der Waals surface area contributed by atoms with Gasteiger partial charge in [-0.05, 0) is 48.6 Å².